The van der Waals surface area contributed by atoms with Crippen LogP contribution in [-0.4, -0.2) is 15.0 Å². The average molecular weight is 257 g/mol. The highest BCUT2D eigenvalue weighted by atomic mass is 16.6. The lowest BCUT2D eigenvalue weighted by atomic mass is 10.3. The Morgan fingerprint density at radius 3 is 2.63 bits per heavy atom. The first-order valence-electron chi connectivity index (χ1n) is 5.11. The van der Waals surface area contributed by atoms with Crippen molar-refractivity contribution in [1.29, 1.82) is 5.26 Å². The minimum Gasteiger partial charge on any atom is -0.508 e. The fourth-order valence-electron chi connectivity index (χ4n) is 1.34. The van der Waals surface area contributed by atoms with Gasteiger partial charge in [0.25, 0.3) is 5.88 Å². The van der Waals surface area contributed by atoms with Crippen molar-refractivity contribution in [3.63, 3.8) is 0 Å². The zero-order valence-corrected chi connectivity index (χ0v) is 9.48. The van der Waals surface area contributed by atoms with Crippen LogP contribution in [0.1, 0.15) is 5.56 Å². The van der Waals surface area contributed by atoms with E-state index in [4.69, 9.17) is 15.1 Å². The van der Waals surface area contributed by atoms with Gasteiger partial charge in [0.05, 0.1) is 10.5 Å². The number of hydrogen-bond donors (Lipinski definition) is 1. The van der Waals surface area contributed by atoms with Gasteiger partial charge in [-0.3, -0.25) is 10.1 Å². The molecule has 1 N–H and O–H groups in total. The summed E-state index contributed by atoms with van der Waals surface area (Å²) in [5.74, 6) is 0.127. The second-order valence-corrected chi connectivity index (χ2v) is 3.51. The summed E-state index contributed by atoms with van der Waals surface area (Å²) in [6.45, 7) is 0. The Bertz CT molecular complexity index is 662. The van der Waals surface area contributed by atoms with Crippen molar-refractivity contribution in [2.75, 3.05) is 0 Å². The zero-order valence-electron chi connectivity index (χ0n) is 9.48. The largest absolute Gasteiger partial charge is 0.508 e. The summed E-state index contributed by atoms with van der Waals surface area (Å²) in [5, 5.41) is 28.7. The summed E-state index contributed by atoms with van der Waals surface area (Å²) in [5.41, 5.74) is -0.322. The van der Waals surface area contributed by atoms with Gasteiger partial charge < -0.3 is 9.84 Å². The maximum absolute atomic E-state index is 10.9. The molecule has 1 heterocycles. The first-order chi connectivity index (χ1) is 9.10. The van der Waals surface area contributed by atoms with Gasteiger partial charge in [-0.1, -0.05) is 0 Å². The number of ether oxygens (including phenoxy) is 1. The van der Waals surface area contributed by atoms with Crippen molar-refractivity contribution in [2.24, 2.45) is 0 Å². The zero-order chi connectivity index (χ0) is 13.8. The van der Waals surface area contributed by atoms with Crippen LogP contribution >= 0.6 is 0 Å². The minimum absolute atomic E-state index is 0.0506. The molecule has 2 aromatic rings. The van der Waals surface area contributed by atoms with E-state index in [2.05, 4.69) is 4.98 Å². The van der Waals surface area contributed by atoms with Crippen LogP contribution in [0.15, 0.2) is 36.5 Å². The number of phenolic OH excluding ortho intramolecular Hbond substituents is 1. The Morgan fingerprint density at radius 2 is 2.05 bits per heavy atom. The number of pyridine rings is 1. The van der Waals surface area contributed by atoms with Gasteiger partial charge in [0, 0.05) is 12.3 Å². The second-order valence-electron chi connectivity index (χ2n) is 3.51. The summed E-state index contributed by atoms with van der Waals surface area (Å²) >= 11 is 0. The minimum atomic E-state index is -0.677. The van der Waals surface area contributed by atoms with E-state index in [1.807, 2.05) is 0 Å². The lowest BCUT2D eigenvalue weighted by Crippen LogP contribution is -1.96. The molecule has 1 aromatic heterocycles. The van der Waals surface area contributed by atoms with Crippen molar-refractivity contribution in [3.8, 4) is 23.4 Å². The van der Waals surface area contributed by atoms with Gasteiger partial charge in [-0.05, 0) is 24.3 Å². The highest BCUT2D eigenvalue weighted by Crippen LogP contribution is 2.30. The van der Waals surface area contributed by atoms with Crippen molar-refractivity contribution in [1.82, 2.24) is 4.98 Å². The summed E-state index contributed by atoms with van der Waals surface area (Å²) in [7, 11) is 0. The van der Waals surface area contributed by atoms with Gasteiger partial charge in [0.2, 0.25) is 0 Å². The normalized spacial score (nSPS) is 9.63. The van der Waals surface area contributed by atoms with E-state index >= 15 is 0 Å². The Morgan fingerprint density at radius 1 is 1.37 bits per heavy atom. The Labute approximate surface area is 107 Å². The number of benzene rings is 1. The van der Waals surface area contributed by atoms with E-state index in [1.54, 1.807) is 6.07 Å². The lowest BCUT2D eigenvalue weighted by Gasteiger charge is -2.05. The molecule has 0 fully saturated rings. The van der Waals surface area contributed by atoms with Gasteiger partial charge in [-0.15, -0.1) is 0 Å². The molecule has 1 aromatic carbocycles. The average Bonchev–Trinajstić information content (AvgIpc) is 2.41. The van der Waals surface area contributed by atoms with Crippen molar-refractivity contribution >= 4 is 5.69 Å². The van der Waals surface area contributed by atoms with Crippen LogP contribution in [0.3, 0.4) is 0 Å². The van der Waals surface area contributed by atoms with Crippen molar-refractivity contribution in [3.05, 3.63) is 52.2 Å². The molecule has 2 rings (SSSR count). The van der Waals surface area contributed by atoms with E-state index in [1.165, 1.54) is 30.5 Å². The van der Waals surface area contributed by atoms with Crippen molar-refractivity contribution in [2.45, 2.75) is 0 Å². The standard InChI is InChI=1S/C12H7N3O4/c13-6-8-5-11(15(17)18)12(14-7-8)19-10-3-1-9(16)2-4-10/h1-5,7,16H. The highest BCUT2D eigenvalue weighted by molar-refractivity contribution is 5.48. The topological polar surface area (TPSA) is 109 Å². The van der Waals surface area contributed by atoms with Gasteiger partial charge in [-0.25, -0.2) is 4.98 Å². The van der Waals surface area contributed by atoms with E-state index in [0.29, 0.717) is 0 Å². The molecule has 94 valence electrons. The van der Waals surface area contributed by atoms with Gasteiger partial charge in [0.15, 0.2) is 0 Å². The molecule has 0 amide bonds. The van der Waals surface area contributed by atoms with Crippen LogP contribution < -0.4 is 4.74 Å². The molecule has 0 saturated heterocycles. The molecule has 0 aliphatic carbocycles. The third-order valence-corrected chi connectivity index (χ3v) is 2.21. The quantitative estimate of drug-likeness (QED) is 0.667. The summed E-state index contributed by atoms with van der Waals surface area (Å²) in [6.07, 6.45) is 1.18. The molecular weight excluding hydrogens is 250 g/mol. The van der Waals surface area contributed by atoms with Crippen LogP contribution in [0, 0.1) is 21.4 Å². The van der Waals surface area contributed by atoms with Gasteiger partial charge in [-0.2, -0.15) is 5.26 Å². The summed E-state index contributed by atoms with van der Waals surface area (Å²) in [4.78, 5) is 13.9. The smallest absolute Gasteiger partial charge is 0.332 e. The van der Waals surface area contributed by atoms with E-state index in [0.717, 1.165) is 6.07 Å². The molecule has 0 unspecified atom stereocenters. The van der Waals surface area contributed by atoms with Crippen LogP contribution in [0.5, 0.6) is 17.4 Å². The van der Waals surface area contributed by atoms with Crippen LogP contribution in [0.4, 0.5) is 5.69 Å². The number of nitro groups is 1. The molecule has 0 saturated carbocycles. The third-order valence-electron chi connectivity index (χ3n) is 2.21. The number of phenols is 1. The fourth-order valence-corrected chi connectivity index (χ4v) is 1.34. The number of nitrogens with zero attached hydrogens (tertiary/aromatic N) is 3. The number of aromatic hydroxyl groups is 1. The SMILES string of the molecule is N#Cc1cnc(Oc2ccc(O)cc2)c([N+](=O)[O-])c1. The highest BCUT2D eigenvalue weighted by Gasteiger charge is 2.18. The van der Waals surface area contributed by atoms with Crippen LogP contribution in [0.2, 0.25) is 0 Å². The maximum atomic E-state index is 10.9. The molecule has 19 heavy (non-hydrogen) atoms. The molecular formula is C12H7N3O4. The van der Waals surface area contributed by atoms with Gasteiger partial charge in [0.1, 0.15) is 17.6 Å². The molecule has 0 spiro atoms. The Balaban J connectivity index is 2.37. The number of hydrogen-bond acceptors (Lipinski definition) is 6. The van der Waals surface area contributed by atoms with E-state index in [-0.39, 0.29) is 22.9 Å². The Hall–Kier alpha value is -3.14. The molecule has 0 atom stereocenters. The number of nitriles is 1. The molecule has 0 aliphatic rings. The first kappa shape index (κ1) is 12.3. The first-order valence-corrected chi connectivity index (χ1v) is 5.11. The van der Waals surface area contributed by atoms with E-state index < -0.39 is 10.6 Å². The monoisotopic (exact) mass is 257 g/mol. The fraction of sp³-hybridized carbons (Fsp3) is 0. The molecule has 0 aliphatic heterocycles. The van der Waals surface area contributed by atoms with E-state index in [9.17, 15) is 10.1 Å². The van der Waals surface area contributed by atoms with Gasteiger partial charge >= 0.3 is 5.69 Å². The van der Waals surface area contributed by atoms with Crippen molar-refractivity contribution < 1.29 is 14.8 Å². The number of rotatable bonds is 3. The van der Waals surface area contributed by atoms with Crippen LogP contribution in [0.25, 0.3) is 0 Å². The molecule has 7 heteroatoms. The summed E-state index contributed by atoms with van der Waals surface area (Å²) in [6, 6.07) is 8.50. The molecule has 0 radical (unpaired) electrons. The third kappa shape index (κ3) is 2.76. The predicted molar refractivity (Wildman–Crippen MR) is 63.8 cm³/mol. The second kappa shape index (κ2) is 5.01. The summed E-state index contributed by atoms with van der Waals surface area (Å²) < 4.78 is 5.25. The maximum Gasteiger partial charge on any atom is 0.332 e. The Kier molecular flexibility index (Phi) is 3.25. The number of aromatic nitrogens is 1. The molecule has 0 bridgehead atoms. The molecule has 7 nitrogen and oxygen atoms in total. The lowest BCUT2D eigenvalue weighted by molar-refractivity contribution is -0.386. The predicted octanol–water partition coefficient (Wildman–Crippen LogP) is 2.36. The van der Waals surface area contributed by atoms with Crippen LogP contribution in [-0.2, 0) is 0 Å².